The first-order valence-electron chi connectivity index (χ1n) is 9.26. The molecule has 2 aromatic carbocycles. The number of hydrogen-bond donors (Lipinski definition) is 3. The summed E-state index contributed by atoms with van der Waals surface area (Å²) >= 11 is 6.15. The first kappa shape index (κ1) is 22.6. The molecule has 0 aromatic heterocycles. The number of hydrogen-bond acceptors (Lipinski definition) is 4. The van der Waals surface area contributed by atoms with Crippen molar-refractivity contribution in [2.45, 2.75) is 25.0 Å². The van der Waals surface area contributed by atoms with Gasteiger partial charge in [0.05, 0.1) is 6.10 Å². The predicted molar refractivity (Wildman–Crippen MR) is 111 cm³/mol. The molecule has 2 aromatic rings. The zero-order chi connectivity index (χ0) is 21.1. The van der Waals surface area contributed by atoms with Gasteiger partial charge in [0.2, 0.25) is 0 Å². The van der Waals surface area contributed by atoms with Crippen LogP contribution < -0.4 is 5.32 Å². The van der Waals surface area contributed by atoms with E-state index in [1.54, 1.807) is 0 Å². The Bertz CT molecular complexity index is 803. The van der Waals surface area contributed by atoms with Crippen LogP contribution in [0.4, 0.5) is 0 Å². The van der Waals surface area contributed by atoms with Crippen molar-refractivity contribution in [1.29, 1.82) is 0 Å². The minimum Gasteiger partial charge on any atom is -0.478 e. The molecule has 1 heterocycles. The molecule has 3 rings (SSSR count). The average molecular weight is 418 g/mol. The molecule has 7 heteroatoms. The zero-order valence-corrected chi connectivity index (χ0v) is 16.6. The van der Waals surface area contributed by atoms with Gasteiger partial charge in [0.1, 0.15) is 6.10 Å². The summed E-state index contributed by atoms with van der Waals surface area (Å²) in [6.45, 7) is 2.06. The van der Waals surface area contributed by atoms with E-state index < -0.39 is 11.9 Å². The Morgan fingerprint density at radius 1 is 0.966 bits per heavy atom. The quantitative estimate of drug-likeness (QED) is 0.617. The largest absolute Gasteiger partial charge is 0.478 e. The maximum atomic E-state index is 9.55. The van der Waals surface area contributed by atoms with Crippen molar-refractivity contribution in [3.63, 3.8) is 0 Å². The number of rotatable bonds is 6. The Labute approximate surface area is 174 Å². The summed E-state index contributed by atoms with van der Waals surface area (Å²) in [4.78, 5) is 19.1. The average Bonchev–Trinajstić information content (AvgIpc) is 2.72. The summed E-state index contributed by atoms with van der Waals surface area (Å²) in [5.41, 5.74) is 2.30. The van der Waals surface area contributed by atoms with E-state index in [1.165, 1.54) is 5.56 Å². The topological polar surface area (TPSA) is 95.9 Å². The minimum atomic E-state index is -1.26. The second-order valence-corrected chi connectivity index (χ2v) is 6.88. The van der Waals surface area contributed by atoms with Gasteiger partial charge >= 0.3 is 11.9 Å². The Morgan fingerprint density at radius 2 is 1.55 bits per heavy atom. The van der Waals surface area contributed by atoms with E-state index in [-0.39, 0.29) is 6.10 Å². The number of carboxylic acids is 2. The van der Waals surface area contributed by atoms with Gasteiger partial charge in [0, 0.05) is 17.2 Å². The molecule has 3 N–H and O–H groups in total. The molecule has 0 radical (unpaired) electrons. The maximum absolute atomic E-state index is 9.55. The highest BCUT2D eigenvalue weighted by atomic mass is 35.5. The van der Waals surface area contributed by atoms with E-state index in [1.807, 2.05) is 24.3 Å². The summed E-state index contributed by atoms with van der Waals surface area (Å²) in [5.74, 6) is -2.51. The maximum Gasteiger partial charge on any atom is 0.328 e. The molecule has 6 nitrogen and oxygen atoms in total. The van der Waals surface area contributed by atoms with Crippen LogP contribution in [-0.2, 0) is 14.3 Å². The summed E-state index contributed by atoms with van der Waals surface area (Å²) in [6, 6.07) is 18.3. The third kappa shape index (κ3) is 8.48. The van der Waals surface area contributed by atoms with Crippen molar-refractivity contribution in [3.05, 3.63) is 82.9 Å². The minimum absolute atomic E-state index is 0.0481. The molecular formula is C22H24ClNO5. The third-order valence-electron chi connectivity index (χ3n) is 4.24. The van der Waals surface area contributed by atoms with Crippen molar-refractivity contribution in [1.82, 2.24) is 5.32 Å². The summed E-state index contributed by atoms with van der Waals surface area (Å²) < 4.78 is 6.42. The number of benzene rings is 2. The molecule has 0 amide bonds. The van der Waals surface area contributed by atoms with Crippen molar-refractivity contribution < 1.29 is 24.5 Å². The van der Waals surface area contributed by atoms with E-state index in [9.17, 15) is 9.59 Å². The van der Waals surface area contributed by atoms with E-state index >= 15 is 0 Å². The van der Waals surface area contributed by atoms with E-state index in [0.717, 1.165) is 36.5 Å². The van der Waals surface area contributed by atoms with Crippen molar-refractivity contribution in [2.24, 2.45) is 0 Å². The molecule has 1 aliphatic rings. The van der Waals surface area contributed by atoms with Crippen molar-refractivity contribution in [3.8, 4) is 0 Å². The summed E-state index contributed by atoms with van der Waals surface area (Å²) in [6.07, 6.45) is 3.49. The lowest BCUT2D eigenvalue weighted by molar-refractivity contribution is -0.134. The van der Waals surface area contributed by atoms with Crippen LogP contribution in [0, 0.1) is 0 Å². The summed E-state index contributed by atoms with van der Waals surface area (Å²) in [5, 5.41) is 19.8. The molecule has 1 fully saturated rings. The lowest BCUT2D eigenvalue weighted by atomic mass is 10.0. The van der Waals surface area contributed by atoms with Crippen molar-refractivity contribution >= 4 is 23.5 Å². The first-order chi connectivity index (χ1) is 14.0. The third-order valence-corrected chi connectivity index (χ3v) is 4.47. The molecule has 0 saturated carbocycles. The second kappa shape index (κ2) is 12.0. The van der Waals surface area contributed by atoms with E-state index in [2.05, 4.69) is 35.6 Å². The standard InChI is InChI=1S/C18H20ClNO.C4H4O4/c19-16-8-4-7-15(13-16)18(14-5-2-1-3-6-14)21-17-9-11-20-12-10-17;5-3(6)1-2-4(7)8/h1-8,13,17-18,20H,9-12H2;1-2H,(H,5,6)(H,7,8)/b;2-1+. The van der Waals surface area contributed by atoms with Crippen LogP contribution >= 0.6 is 11.6 Å². The fraction of sp³-hybridized carbons (Fsp3) is 0.273. The number of carboxylic acid groups (broad SMARTS) is 2. The molecule has 0 spiro atoms. The monoisotopic (exact) mass is 417 g/mol. The zero-order valence-electron chi connectivity index (χ0n) is 15.8. The van der Waals surface area contributed by atoms with Crippen LogP contribution in [0.15, 0.2) is 66.7 Å². The number of ether oxygens (including phenoxy) is 1. The number of halogens is 1. The smallest absolute Gasteiger partial charge is 0.328 e. The van der Waals surface area contributed by atoms with Crippen LogP contribution in [0.5, 0.6) is 0 Å². The van der Waals surface area contributed by atoms with Gasteiger partial charge in [0.25, 0.3) is 0 Å². The lowest BCUT2D eigenvalue weighted by Gasteiger charge is -2.28. The second-order valence-electron chi connectivity index (χ2n) is 6.44. The fourth-order valence-corrected chi connectivity index (χ4v) is 3.11. The van der Waals surface area contributed by atoms with E-state index in [0.29, 0.717) is 18.3 Å². The van der Waals surface area contributed by atoms with Gasteiger partial charge in [0.15, 0.2) is 0 Å². The summed E-state index contributed by atoms with van der Waals surface area (Å²) in [7, 11) is 0. The SMILES string of the molecule is Clc1cccc(C(OC2CCNCC2)c2ccccc2)c1.O=C(O)/C=C/C(=O)O. The molecule has 0 bridgehead atoms. The van der Waals surface area contributed by atoms with Gasteiger partial charge in [-0.05, 0) is 49.2 Å². The highest BCUT2D eigenvalue weighted by molar-refractivity contribution is 6.30. The fourth-order valence-electron chi connectivity index (χ4n) is 2.91. The van der Waals surface area contributed by atoms with E-state index in [4.69, 9.17) is 26.6 Å². The molecule has 1 aliphatic heterocycles. The van der Waals surface area contributed by atoms with Crippen LogP contribution in [0.3, 0.4) is 0 Å². The number of aliphatic carboxylic acids is 2. The Hall–Kier alpha value is -2.67. The van der Waals surface area contributed by atoms with Crippen LogP contribution in [-0.4, -0.2) is 41.3 Å². The van der Waals surface area contributed by atoms with Gasteiger partial charge in [-0.25, -0.2) is 9.59 Å². The molecule has 0 aliphatic carbocycles. The van der Waals surface area contributed by atoms with Crippen LogP contribution in [0.25, 0.3) is 0 Å². The number of carbonyl (C=O) groups is 2. The van der Waals surface area contributed by atoms with Crippen molar-refractivity contribution in [2.75, 3.05) is 13.1 Å². The van der Waals surface area contributed by atoms with Gasteiger partial charge in [-0.1, -0.05) is 54.1 Å². The Balaban J connectivity index is 0.000000321. The first-order valence-corrected chi connectivity index (χ1v) is 9.64. The Kier molecular flexibility index (Phi) is 9.37. The number of nitrogens with one attached hydrogen (secondary N) is 1. The lowest BCUT2D eigenvalue weighted by Crippen LogP contribution is -2.33. The van der Waals surface area contributed by atoms with Gasteiger partial charge in [-0.15, -0.1) is 0 Å². The Morgan fingerprint density at radius 3 is 2.10 bits per heavy atom. The van der Waals surface area contributed by atoms with Gasteiger partial charge in [-0.2, -0.15) is 0 Å². The van der Waals surface area contributed by atoms with Gasteiger partial charge < -0.3 is 20.3 Å². The molecule has 29 heavy (non-hydrogen) atoms. The number of piperidine rings is 1. The predicted octanol–water partition coefficient (Wildman–Crippen LogP) is 3.91. The van der Waals surface area contributed by atoms with Gasteiger partial charge in [-0.3, -0.25) is 0 Å². The normalized spacial score (nSPS) is 15.3. The highest BCUT2D eigenvalue weighted by Crippen LogP contribution is 2.30. The van der Waals surface area contributed by atoms with Crippen LogP contribution in [0.1, 0.15) is 30.1 Å². The molecule has 1 saturated heterocycles. The molecular weight excluding hydrogens is 394 g/mol. The molecule has 1 atom stereocenters. The molecule has 154 valence electrons. The highest BCUT2D eigenvalue weighted by Gasteiger charge is 2.22. The molecule has 1 unspecified atom stereocenters. The van der Waals surface area contributed by atoms with Crippen LogP contribution in [0.2, 0.25) is 5.02 Å².